The van der Waals surface area contributed by atoms with Crippen LogP contribution in [0.5, 0.6) is 5.75 Å². The van der Waals surface area contributed by atoms with Gasteiger partial charge in [0.15, 0.2) is 0 Å². The zero-order valence-electron chi connectivity index (χ0n) is 15.3. The second-order valence-corrected chi connectivity index (χ2v) is 6.38. The maximum atomic E-state index is 14.8. The highest BCUT2D eigenvalue weighted by Gasteiger charge is 2.37. The lowest BCUT2D eigenvalue weighted by Crippen LogP contribution is -2.28. The molecule has 0 saturated heterocycles. The third-order valence-electron chi connectivity index (χ3n) is 3.71. The van der Waals surface area contributed by atoms with E-state index in [0.717, 1.165) is 0 Å². The van der Waals surface area contributed by atoms with Gasteiger partial charge in [-0.2, -0.15) is 8.78 Å². The summed E-state index contributed by atoms with van der Waals surface area (Å²) in [7, 11) is 0. The van der Waals surface area contributed by atoms with Crippen molar-refractivity contribution in [1.29, 1.82) is 0 Å². The Balaban J connectivity index is 2.20. The van der Waals surface area contributed by atoms with Crippen molar-refractivity contribution in [2.75, 3.05) is 6.61 Å². The van der Waals surface area contributed by atoms with Crippen LogP contribution in [0.3, 0.4) is 0 Å². The van der Waals surface area contributed by atoms with Gasteiger partial charge < -0.3 is 10.1 Å². The molecule has 0 radical (unpaired) electrons. The molecule has 1 aromatic carbocycles. The molecule has 1 aromatic heterocycles. The minimum atomic E-state index is -3.34. The van der Waals surface area contributed by atoms with E-state index in [9.17, 15) is 13.6 Å². The molecule has 0 bridgehead atoms. The molecule has 1 amide bonds. The average molecular weight is 395 g/mol. The summed E-state index contributed by atoms with van der Waals surface area (Å²) >= 11 is 6.02. The molecule has 0 aliphatic carbocycles. The van der Waals surface area contributed by atoms with E-state index < -0.39 is 11.6 Å². The minimum absolute atomic E-state index is 0.0825. The Kier molecular flexibility index (Phi) is 6.91. The van der Waals surface area contributed by atoms with Gasteiger partial charge in [0.1, 0.15) is 11.4 Å². The Hall–Kier alpha value is -2.47. The lowest BCUT2D eigenvalue weighted by Gasteiger charge is -2.18. The number of benzene rings is 1. The molecule has 0 aliphatic rings. The van der Waals surface area contributed by atoms with Crippen molar-refractivity contribution in [2.24, 2.45) is 0 Å². The Morgan fingerprint density at radius 2 is 2.11 bits per heavy atom. The number of nitrogens with one attached hydrogen (secondary N) is 1. The van der Waals surface area contributed by atoms with Crippen LogP contribution in [0.1, 0.15) is 37.6 Å². The van der Waals surface area contributed by atoms with Crippen LogP contribution >= 0.6 is 11.6 Å². The fourth-order valence-electron chi connectivity index (χ4n) is 2.46. The van der Waals surface area contributed by atoms with Crippen LogP contribution < -0.4 is 10.1 Å². The van der Waals surface area contributed by atoms with E-state index >= 15 is 0 Å². The Morgan fingerprint density at radius 1 is 1.37 bits per heavy atom. The predicted octanol–water partition coefficient (Wildman–Crippen LogP) is 4.81. The van der Waals surface area contributed by atoms with Gasteiger partial charge in [-0.3, -0.25) is 9.78 Å². The Bertz CT molecular complexity index is 823. The van der Waals surface area contributed by atoms with Gasteiger partial charge in [-0.05, 0) is 43.7 Å². The van der Waals surface area contributed by atoms with Crippen LogP contribution in [0.4, 0.5) is 8.78 Å². The quantitative estimate of drug-likeness (QED) is 0.733. The summed E-state index contributed by atoms with van der Waals surface area (Å²) in [5.41, 5.74) is -0.0899. The van der Waals surface area contributed by atoms with Crippen molar-refractivity contribution in [3.05, 3.63) is 64.4 Å². The fraction of sp³-hybridized carbons (Fsp3) is 0.300. The second-order valence-electron chi connectivity index (χ2n) is 5.97. The average Bonchev–Trinajstić information content (AvgIpc) is 2.60. The number of pyridine rings is 1. The predicted molar refractivity (Wildman–Crippen MR) is 102 cm³/mol. The first-order valence-corrected chi connectivity index (χ1v) is 8.84. The first-order chi connectivity index (χ1) is 12.7. The number of halogens is 3. The van der Waals surface area contributed by atoms with Crippen molar-refractivity contribution in [2.45, 2.75) is 32.7 Å². The monoisotopic (exact) mass is 394 g/mol. The summed E-state index contributed by atoms with van der Waals surface area (Å²) in [6, 6.07) is 6.70. The van der Waals surface area contributed by atoms with Crippen LogP contribution in [0, 0.1) is 0 Å². The standard InChI is InChI=1S/C20H21ClF2N2O2/c1-4-27-16-8-9-17(18(21)11-16)20(22,23)19-10-7-15(12-24-19)6-5-13(2)25-14(3)26/h5-13H,4H2,1-3H3,(H,25,26)/t13-/m0/s1. The van der Waals surface area contributed by atoms with E-state index in [0.29, 0.717) is 17.9 Å². The topological polar surface area (TPSA) is 51.2 Å². The van der Waals surface area contributed by atoms with Gasteiger partial charge in [-0.1, -0.05) is 29.8 Å². The van der Waals surface area contributed by atoms with Crippen molar-refractivity contribution in [1.82, 2.24) is 10.3 Å². The number of amides is 1. The number of carbonyl (C=O) groups is 1. The lowest BCUT2D eigenvalue weighted by molar-refractivity contribution is -0.119. The maximum Gasteiger partial charge on any atom is 0.316 e. The summed E-state index contributed by atoms with van der Waals surface area (Å²) in [6.07, 6.45) is 4.81. The highest BCUT2D eigenvalue weighted by Crippen LogP contribution is 2.39. The highest BCUT2D eigenvalue weighted by atomic mass is 35.5. The molecule has 0 fully saturated rings. The third kappa shape index (κ3) is 5.50. The molecule has 1 heterocycles. The molecule has 2 rings (SSSR count). The van der Waals surface area contributed by atoms with Crippen LogP contribution in [0.2, 0.25) is 5.02 Å². The van der Waals surface area contributed by atoms with Gasteiger partial charge in [0.25, 0.3) is 0 Å². The zero-order valence-corrected chi connectivity index (χ0v) is 16.1. The van der Waals surface area contributed by atoms with Gasteiger partial charge in [0, 0.05) is 24.7 Å². The molecule has 2 aromatic rings. The summed E-state index contributed by atoms with van der Waals surface area (Å²) in [5, 5.41) is 2.62. The molecule has 144 valence electrons. The number of hydrogen-bond acceptors (Lipinski definition) is 3. The van der Waals surface area contributed by atoms with E-state index in [1.54, 1.807) is 19.1 Å². The Labute approximate surface area is 162 Å². The molecule has 7 heteroatoms. The van der Waals surface area contributed by atoms with E-state index in [4.69, 9.17) is 16.3 Å². The molecule has 1 atom stereocenters. The summed E-state index contributed by atoms with van der Waals surface area (Å²) in [5.74, 6) is -3.05. The molecule has 4 nitrogen and oxygen atoms in total. The van der Waals surface area contributed by atoms with Crippen molar-refractivity contribution in [3.8, 4) is 5.75 Å². The molecule has 0 aliphatic heterocycles. The number of aromatic nitrogens is 1. The number of ether oxygens (including phenoxy) is 1. The molecule has 0 unspecified atom stereocenters. The summed E-state index contributed by atoms with van der Waals surface area (Å²) in [6.45, 7) is 5.45. The van der Waals surface area contributed by atoms with E-state index in [-0.39, 0.29) is 22.5 Å². The summed E-state index contributed by atoms with van der Waals surface area (Å²) < 4.78 is 34.9. The van der Waals surface area contributed by atoms with Crippen molar-refractivity contribution in [3.63, 3.8) is 0 Å². The highest BCUT2D eigenvalue weighted by molar-refractivity contribution is 6.31. The van der Waals surface area contributed by atoms with E-state index in [1.807, 2.05) is 6.92 Å². The zero-order chi connectivity index (χ0) is 20.0. The third-order valence-corrected chi connectivity index (χ3v) is 4.02. The van der Waals surface area contributed by atoms with Gasteiger partial charge in [0.05, 0.1) is 11.6 Å². The van der Waals surface area contributed by atoms with Gasteiger partial charge in [-0.15, -0.1) is 0 Å². The number of hydrogen-bond donors (Lipinski definition) is 1. The van der Waals surface area contributed by atoms with Crippen molar-refractivity contribution < 1.29 is 18.3 Å². The minimum Gasteiger partial charge on any atom is -0.494 e. The molecular weight excluding hydrogens is 374 g/mol. The smallest absolute Gasteiger partial charge is 0.316 e. The first kappa shape index (κ1) is 20.8. The van der Waals surface area contributed by atoms with Gasteiger partial charge in [0.2, 0.25) is 5.91 Å². The van der Waals surface area contributed by atoms with E-state index in [1.165, 1.54) is 43.5 Å². The van der Waals surface area contributed by atoms with Crippen LogP contribution in [0.25, 0.3) is 6.08 Å². The lowest BCUT2D eigenvalue weighted by atomic mass is 10.0. The number of nitrogens with zero attached hydrogens (tertiary/aromatic N) is 1. The second kappa shape index (κ2) is 8.95. The summed E-state index contributed by atoms with van der Waals surface area (Å²) in [4.78, 5) is 14.9. The largest absolute Gasteiger partial charge is 0.494 e. The molecule has 27 heavy (non-hydrogen) atoms. The normalized spacial score (nSPS) is 12.8. The number of alkyl halides is 2. The van der Waals surface area contributed by atoms with Crippen LogP contribution in [0.15, 0.2) is 42.6 Å². The molecule has 0 spiro atoms. The SMILES string of the molecule is CCOc1ccc(C(F)(F)c2ccc(C=C[C@H](C)NC(C)=O)cn2)c(Cl)c1. The maximum absolute atomic E-state index is 14.8. The Morgan fingerprint density at radius 3 is 2.67 bits per heavy atom. The van der Waals surface area contributed by atoms with Gasteiger partial charge >= 0.3 is 5.92 Å². The molecule has 1 N–H and O–H groups in total. The van der Waals surface area contributed by atoms with Crippen LogP contribution in [-0.4, -0.2) is 23.5 Å². The van der Waals surface area contributed by atoms with Gasteiger partial charge in [-0.25, -0.2) is 0 Å². The fourth-order valence-corrected chi connectivity index (χ4v) is 2.75. The number of carbonyl (C=O) groups excluding carboxylic acids is 1. The molecule has 0 saturated carbocycles. The first-order valence-electron chi connectivity index (χ1n) is 8.46. The number of rotatable bonds is 7. The van der Waals surface area contributed by atoms with E-state index in [2.05, 4.69) is 10.3 Å². The van der Waals surface area contributed by atoms with Crippen molar-refractivity contribution >= 4 is 23.6 Å². The molecular formula is C20H21ClF2N2O2. The van der Waals surface area contributed by atoms with Crippen LogP contribution in [-0.2, 0) is 10.7 Å².